The minimum atomic E-state index is -0.358. The summed E-state index contributed by atoms with van der Waals surface area (Å²) >= 11 is 1.46. The van der Waals surface area contributed by atoms with Gasteiger partial charge in [0.2, 0.25) is 0 Å². The molecule has 1 aromatic carbocycles. The summed E-state index contributed by atoms with van der Waals surface area (Å²) in [6, 6.07) is 10.7. The fraction of sp³-hybridized carbons (Fsp3) is 0.0526. The Morgan fingerprint density at radius 3 is 2.57 bits per heavy atom. The van der Waals surface area contributed by atoms with Gasteiger partial charge in [0.05, 0.1) is 5.56 Å². The Hall–Kier alpha value is -3.72. The molecule has 4 aromatic rings. The highest BCUT2D eigenvalue weighted by atomic mass is 32.1. The van der Waals surface area contributed by atoms with Crippen molar-refractivity contribution in [3.05, 3.63) is 65.6 Å². The Morgan fingerprint density at radius 1 is 0.964 bits per heavy atom. The minimum absolute atomic E-state index is 0.243. The molecule has 4 rings (SSSR count). The van der Waals surface area contributed by atoms with Crippen LogP contribution in [-0.2, 0) is 0 Å². The number of amides is 2. The second-order valence-corrected chi connectivity index (χ2v) is 6.67. The fourth-order valence-electron chi connectivity index (χ4n) is 2.62. The van der Waals surface area contributed by atoms with E-state index in [9.17, 15) is 9.59 Å². The van der Waals surface area contributed by atoms with Gasteiger partial charge in [-0.25, -0.2) is 4.98 Å². The zero-order valence-electron chi connectivity index (χ0n) is 14.7. The van der Waals surface area contributed by atoms with Gasteiger partial charge in [0.1, 0.15) is 22.0 Å². The maximum absolute atomic E-state index is 12.4. The van der Waals surface area contributed by atoms with E-state index in [2.05, 4.69) is 30.8 Å². The van der Waals surface area contributed by atoms with E-state index < -0.39 is 0 Å². The number of aromatic nitrogens is 4. The number of nitrogens with one attached hydrogen (secondary N) is 2. The van der Waals surface area contributed by atoms with Crippen LogP contribution in [0.3, 0.4) is 0 Å². The van der Waals surface area contributed by atoms with Gasteiger partial charge in [0.15, 0.2) is 0 Å². The van der Waals surface area contributed by atoms with Crippen molar-refractivity contribution in [2.75, 3.05) is 12.4 Å². The number of hydrogen-bond donors (Lipinski definition) is 2. The lowest BCUT2D eigenvalue weighted by molar-refractivity contribution is 0.0955. The number of carbonyl (C=O) groups is 2. The molecule has 0 saturated carbocycles. The van der Waals surface area contributed by atoms with Crippen LogP contribution in [0.1, 0.15) is 20.8 Å². The summed E-state index contributed by atoms with van der Waals surface area (Å²) in [7, 11) is 1.52. The Balaban J connectivity index is 1.57. The van der Waals surface area contributed by atoms with E-state index in [1.165, 1.54) is 30.6 Å². The van der Waals surface area contributed by atoms with Crippen LogP contribution in [0, 0.1) is 0 Å². The smallest absolute Gasteiger partial charge is 0.269 e. The maximum atomic E-state index is 12.4. The van der Waals surface area contributed by atoms with Crippen LogP contribution in [0.15, 0.2) is 54.3 Å². The maximum Gasteiger partial charge on any atom is 0.269 e. The third-order valence-electron chi connectivity index (χ3n) is 4.06. The average Bonchev–Trinajstić information content (AvgIpc) is 3.27. The zero-order chi connectivity index (χ0) is 19.5. The largest absolute Gasteiger partial charge is 0.354 e. The Morgan fingerprint density at radius 2 is 1.86 bits per heavy atom. The van der Waals surface area contributed by atoms with Crippen LogP contribution in [0.4, 0.5) is 5.82 Å². The molecule has 0 bridgehead atoms. The molecule has 0 radical (unpaired) electrons. The summed E-state index contributed by atoms with van der Waals surface area (Å²) < 4.78 is 0. The van der Waals surface area contributed by atoms with Crippen molar-refractivity contribution < 1.29 is 9.59 Å². The van der Waals surface area contributed by atoms with Crippen LogP contribution in [0.2, 0.25) is 0 Å². The Bertz CT molecular complexity index is 1160. The number of pyridine rings is 2. The molecule has 0 unspecified atom stereocenters. The summed E-state index contributed by atoms with van der Waals surface area (Å²) in [6.45, 7) is 0. The molecular weight excluding hydrogens is 376 g/mol. The Kier molecular flexibility index (Phi) is 4.73. The van der Waals surface area contributed by atoms with E-state index in [-0.39, 0.29) is 17.5 Å². The lowest BCUT2D eigenvalue weighted by Crippen LogP contribution is -2.20. The van der Waals surface area contributed by atoms with Gasteiger partial charge in [0.25, 0.3) is 11.8 Å². The van der Waals surface area contributed by atoms with E-state index in [1.807, 2.05) is 18.2 Å². The molecule has 2 amide bonds. The summed E-state index contributed by atoms with van der Waals surface area (Å²) in [4.78, 5) is 32.3. The second-order valence-electron chi connectivity index (χ2n) is 5.84. The summed E-state index contributed by atoms with van der Waals surface area (Å²) in [5, 5.41) is 15.9. The molecule has 0 fully saturated rings. The van der Waals surface area contributed by atoms with E-state index >= 15 is 0 Å². The van der Waals surface area contributed by atoms with Crippen LogP contribution in [0.25, 0.3) is 21.3 Å². The lowest BCUT2D eigenvalue weighted by Gasteiger charge is -2.07. The van der Waals surface area contributed by atoms with Gasteiger partial charge in [-0.2, -0.15) is 0 Å². The Labute approximate surface area is 163 Å². The molecule has 28 heavy (non-hydrogen) atoms. The minimum Gasteiger partial charge on any atom is -0.354 e. The number of anilines is 1. The molecule has 2 N–H and O–H groups in total. The SMILES string of the molecule is CNC(=O)c1ccc(C(=O)Nc2cc3cc(-c4nncs4)ccc3cn2)cn1. The van der Waals surface area contributed by atoms with Gasteiger partial charge in [-0.15, -0.1) is 10.2 Å². The monoisotopic (exact) mass is 390 g/mol. The van der Waals surface area contributed by atoms with Crippen LogP contribution < -0.4 is 10.6 Å². The highest BCUT2D eigenvalue weighted by Gasteiger charge is 2.11. The third kappa shape index (κ3) is 3.55. The number of benzene rings is 1. The van der Waals surface area contributed by atoms with Crippen molar-refractivity contribution in [1.82, 2.24) is 25.5 Å². The highest BCUT2D eigenvalue weighted by Crippen LogP contribution is 2.26. The molecule has 8 nitrogen and oxygen atoms in total. The van der Waals surface area contributed by atoms with E-state index in [0.29, 0.717) is 11.4 Å². The summed E-state index contributed by atoms with van der Waals surface area (Å²) in [5.41, 5.74) is 3.21. The highest BCUT2D eigenvalue weighted by molar-refractivity contribution is 7.12. The molecule has 0 aliphatic heterocycles. The van der Waals surface area contributed by atoms with Gasteiger partial charge >= 0.3 is 0 Å². The second kappa shape index (κ2) is 7.49. The molecule has 0 atom stereocenters. The topological polar surface area (TPSA) is 110 Å². The lowest BCUT2D eigenvalue weighted by atomic mass is 10.1. The van der Waals surface area contributed by atoms with Crippen molar-refractivity contribution in [3.8, 4) is 10.6 Å². The normalized spacial score (nSPS) is 10.6. The number of fused-ring (bicyclic) bond motifs is 1. The quantitative estimate of drug-likeness (QED) is 0.554. The summed E-state index contributed by atoms with van der Waals surface area (Å²) in [5.74, 6) is -0.250. The molecule has 0 aliphatic rings. The van der Waals surface area contributed by atoms with Gasteiger partial charge in [-0.1, -0.05) is 23.5 Å². The van der Waals surface area contributed by atoms with Gasteiger partial charge < -0.3 is 10.6 Å². The van der Waals surface area contributed by atoms with Gasteiger partial charge in [0, 0.05) is 30.4 Å². The van der Waals surface area contributed by atoms with E-state index in [4.69, 9.17) is 0 Å². The van der Waals surface area contributed by atoms with Crippen molar-refractivity contribution in [2.45, 2.75) is 0 Å². The van der Waals surface area contributed by atoms with Crippen molar-refractivity contribution in [3.63, 3.8) is 0 Å². The predicted molar refractivity (Wildman–Crippen MR) is 106 cm³/mol. The molecule has 9 heteroatoms. The zero-order valence-corrected chi connectivity index (χ0v) is 15.5. The van der Waals surface area contributed by atoms with Gasteiger partial charge in [-0.05, 0) is 29.7 Å². The van der Waals surface area contributed by atoms with E-state index in [0.717, 1.165) is 21.3 Å². The number of rotatable bonds is 4. The molecule has 0 aliphatic carbocycles. The van der Waals surface area contributed by atoms with Crippen LogP contribution in [-0.4, -0.2) is 39.0 Å². The molecule has 3 heterocycles. The fourth-order valence-corrected chi connectivity index (χ4v) is 3.17. The molecule has 0 saturated heterocycles. The predicted octanol–water partition coefficient (Wildman–Crippen LogP) is 2.76. The molecular formula is C19H14N6O2S. The standard InChI is InChI=1S/C19H14N6O2S/c1-20-18(27)15-5-4-13(9-21-15)17(26)24-16-7-14-6-11(19-25-23-10-28-19)2-3-12(14)8-22-16/h2-10H,1H3,(H,20,27)(H,22,24,26). The molecule has 0 spiro atoms. The van der Waals surface area contributed by atoms with Crippen molar-refractivity contribution in [1.29, 1.82) is 0 Å². The first kappa shape index (κ1) is 17.7. The van der Waals surface area contributed by atoms with Crippen molar-refractivity contribution >= 4 is 39.7 Å². The first-order chi connectivity index (χ1) is 13.6. The average molecular weight is 390 g/mol. The van der Waals surface area contributed by atoms with E-state index in [1.54, 1.807) is 23.8 Å². The number of carbonyl (C=O) groups excluding carboxylic acids is 2. The third-order valence-corrected chi connectivity index (χ3v) is 4.80. The first-order valence-electron chi connectivity index (χ1n) is 8.30. The van der Waals surface area contributed by atoms with Gasteiger partial charge in [-0.3, -0.25) is 14.6 Å². The van der Waals surface area contributed by atoms with Crippen LogP contribution in [0.5, 0.6) is 0 Å². The summed E-state index contributed by atoms with van der Waals surface area (Å²) in [6.07, 6.45) is 3.05. The molecule has 3 aromatic heterocycles. The number of nitrogens with zero attached hydrogens (tertiary/aromatic N) is 4. The van der Waals surface area contributed by atoms with Crippen molar-refractivity contribution in [2.24, 2.45) is 0 Å². The molecule has 138 valence electrons. The number of hydrogen-bond acceptors (Lipinski definition) is 7. The van der Waals surface area contributed by atoms with Crippen LogP contribution >= 0.6 is 11.3 Å². The first-order valence-corrected chi connectivity index (χ1v) is 9.18.